The summed E-state index contributed by atoms with van der Waals surface area (Å²) in [7, 11) is 0. The summed E-state index contributed by atoms with van der Waals surface area (Å²) >= 11 is 0. The van der Waals surface area contributed by atoms with Gasteiger partial charge in [-0.15, -0.1) is 0 Å². The Kier molecular flexibility index (Phi) is 2.42. The summed E-state index contributed by atoms with van der Waals surface area (Å²) < 4.78 is 4.57. The molecule has 2 aromatic carbocycles. The highest BCUT2D eigenvalue weighted by molar-refractivity contribution is 5.92. The van der Waals surface area contributed by atoms with Crippen LogP contribution in [0.15, 0.2) is 36.4 Å². The van der Waals surface area contributed by atoms with Gasteiger partial charge in [0.1, 0.15) is 5.52 Å². The van der Waals surface area contributed by atoms with Crippen LogP contribution in [0.3, 0.4) is 0 Å². The van der Waals surface area contributed by atoms with E-state index in [1.807, 2.05) is 6.07 Å². The number of aromatic nitrogens is 2. The van der Waals surface area contributed by atoms with Crippen LogP contribution >= 0.6 is 0 Å². The molecule has 0 radical (unpaired) electrons. The minimum absolute atomic E-state index is 0.205. The Hall–Kier alpha value is -2.89. The van der Waals surface area contributed by atoms with Crippen molar-refractivity contribution in [3.8, 4) is 11.5 Å². The normalized spacial score (nSPS) is 10.7. The number of fused-ring (bicyclic) bond motifs is 2. The maximum atomic E-state index is 10.6. The fourth-order valence-electron chi connectivity index (χ4n) is 1.84. The zero-order chi connectivity index (χ0) is 13.4. The van der Waals surface area contributed by atoms with Gasteiger partial charge < -0.3 is 14.9 Å². The Labute approximate surface area is 106 Å². The molecule has 6 nitrogen and oxygen atoms in total. The van der Waals surface area contributed by atoms with Crippen molar-refractivity contribution in [2.75, 3.05) is 0 Å². The number of para-hydroxylation sites is 2. The van der Waals surface area contributed by atoms with Crippen LogP contribution < -0.4 is 4.74 Å². The van der Waals surface area contributed by atoms with Gasteiger partial charge in [0, 0.05) is 0 Å². The van der Waals surface area contributed by atoms with Crippen molar-refractivity contribution in [2.45, 2.75) is 0 Å². The largest absolute Gasteiger partial charge is 0.511 e. The fraction of sp³-hybridized carbons (Fsp3) is 0. The molecule has 0 fully saturated rings. The Morgan fingerprint density at radius 1 is 1.00 bits per heavy atom. The van der Waals surface area contributed by atoms with Gasteiger partial charge in [-0.3, -0.25) is 0 Å². The molecule has 0 saturated heterocycles. The molecular weight excluding hydrogens is 248 g/mol. The van der Waals surface area contributed by atoms with Crippen molar-refractivity contribution in [1.82, 2.24) is 9.97 Å². The van der Waals surface area contributed by atoms with Gasteiger partial charge in [0.2, 0.25) is 5.75 Å². The van der Waals surface area contributed by atoms with Crippen LogP contribution in [-0.2, 0) is 0 Å². The molecule has 0 amide bonds. The highest BCUT2D eigenvalue weighted by atomic mass is 16.7. The molecule has 19 heavy (non-hydrogen) atoms. The number of aromatic hydroxyl groups is 1. The number of ether oxygens (including phenoxy) is 1. The minimum atomic E-state index is -1.52. The Morgan fingerprint density at radius 2 is 1.68 bits per heavy atom. The van der Waals surface area contributed by atoms with Crippen molar-refractivity contribution in [2.24, 2.45) is 0 Å². The first-order valence-corrected chi connectivity index (χ1v) is 5.44. The molecule has 3 aromatic rings. The SMILES string of the molecule is O=C(O)Oc1c(O)ccc2nc3ccccc3nc12. The number of hydrogen-bond donors (Lipinski definition) is 2. The van der Waals surface area contributed by atoms with E-state index in [1.165, 1.54) is 6.07 Å². The summed E-state index contributed by atoms with van der Waals surface area (Å²) in [4.78, 5) is 19.3. The third-order valence-corrected chi connectivity index (χ3v) is 2.63. The van der Waals surface area contributed by atoms with Crippen LogP contribution in [0.2, 0.25) is 0 Å². The average Bonchev–Trinajstić information content (AvgIpc) is 2.40. The predicted molar refractivity (Wildman–Crippen MR) is 67.4 cm³/mol. The first-order valence-electron chi connectivity index (χ1n) is 5.44. The van der Waals surface area contributed by atoms with E-state index in [1.54, 1.807) is 24.3 Å². The Bertz CT molecular complexity index is 801. The molecule has 0 spiro atoms. The van der Waals surface area contributed by atoms with Crippen molar-refractivity contribution in [1.29, 1.82) is 0 Å². The van der Waals surface area contributed by atoms with Crippen LogP contribution in [0, 0.1) is 0 Å². The van der Waals surface area contributed by atoms with Crippen LogP contribution in [0.1, 0.15) is 0 Å². The standard InChI is InChI=1S/C13H8N2O4/c16-10-6-5-9-11(12(10)19-13(17)18)15-8-4-2-1-3-7(8)14-9/h1-6,16H,(H,17,18). The van der Waals surface area contributed by atoms with E-state index < -0.39 is 6.16 Å². The van der Waals surface area contributed by atoms with E-state index >= 15 is 0 Å². The second kappa shape index (κ2) is 4.09. The lowest BCUT2D eigenvalue weighted by Crippen LogP contribution is -2.04. The number of rotatable bonds is 1. The summed E-state index contributed by atoms with van der Waals surface area (Å²) in [5.41, 5.74) is 1.94. The highest BCUT2D eigenvalue weighted by Gasteiger charge is 2.15. The third kappa shape index (κ3) is 1.89. The van der Waals surface area contributed by atoms with Gasteiger partial charge in [0.25, 0.3) is 0 Å². The zero-order valence-electron chi connectivity index (χ0n) is 9.57. The molecule has 0 aliphatic rings. The van der Waals surface area contributed by atoms with Gasteiger partial charge in [-0.25, -0.2) is 14.8 Å². The monoisotopic (exact) mass is 256 g/mol. The minimum Gasteiger partial charge on any atom is -0.504 e. The van der Waals surface area contributed by atoms with Gasteiger partial charge in [0.05, 0.1) is 16.6 Å². The maximum absolute atomic E-state index is 10.6. The lowest BCUT2D eigenvalue weighted by Gasteiger charge is -2.07. The van der Waals surface area contributed by atoms with E-state index in [0.29, 0.717) is 16.6 Å². The number of nitrogens with zero attached hydrogens (tertiary/aromatic N) is 2. The lowest BCUT2D eigenvalue weighted by molar-refractivity contribution is 0.143. The van der Waals surface area contributed by atoms with Crippen LogP contribution in [0.5, 0.6) is 11.5 Å². The number of carbonyl (C=O) groups is 1. The smallest absolute Gasteiger partial charge is 0.504 e. The summed E-state index contributed by atoms with van der Waals surface area (Å²) in [6.45, 7) is 0. The number of hydrogen-bond acceptors (Lipinski definition) is 5. The fourth-order valence-corrected chi connectivity index (χ4v) is 1.84. The third-order valence-electron chi connectivity index (χ3n) is 2.63. The second-order valence-electron chi connectivity index (χ2n) is 3.86. The van der Waals surface area contributed by atoms with Crippen molar-refractivity contribution in [3.63, 3.8) is 0 Å². The van der Waals surface area contributed by atoms with E-state index in [2.05, 4.69) is 14.7 Å². The molecule has 0 atom stereocenters. The number of benzene rings is 2. The molecular formula is C13H8N2O4. The molecule has 94 valence electrons. The van der Waals surface area contributed by atoms with Crippen molar-refractivity contribution >= 4 is 28.2 Å². The molecule has 6 heteroatoms. The maximum Gasteiger partial charge on any atom is 0.511 e. The quantitative estimate of drug-likeness (QED) is 0.395. The van der Waals surface area contributed by atoms with E-state index in [9.17, 15) is 9.90 Å². The van der Waals surface area contributed by atoms with Crippen LogP contribution in [0.4, 0.5) is 4.79 Å². The summed E-state index contributed by atoms with van der Waals surface area (Å²) in [5.74, 6) is -0.497. The van der Waals surface area contributed by atoms with Gasteiger partial charge in [-0.2, -0.15) is 0 Å². The molecule has 0 bridgehead atoms. The van der Waals surface area contributed by atoms with E-state index in [4.69, 9.17) is 5.11 Å². The van der Waals surface area contributed by atoms with Gasteiger partial charge in [-0.05, 0) is 24.3 Å². The van der Waals surface area contributed by atoms with Gasteiger partial charge in [-0.1, -0.05) is 12.1 Å². The van der Waals surface area contributed by atoms with Crippen molar-refractivity contribution in [3.05, 3.63) is 36.4 Å². The first-order chi connectivity index (χ1) is 9.15. The second-order valence-corrected chi connectivity index (χ2v) is 3.86. The highest BCUT2D eigenvalue weighted by Crippen LogP contribution is 2.33. The van der Waals surface area contributed by atoms with Gasteiger partial charge in [0.15, 0.2) is 5.75 Å². The van der Waals surface area contributed by atoms with Crippen molar-refractivity contribution < 1.29 is 19.7 Å². The molecule has 0 unspecified atom stereocenters. The summed E-state index contributed by atoms with van der Waals surface area (Å²) in [5, 5.41) is 18.4. The average molecular weight is 256 g/mol. The van der Waals surface area contributed by atoms with Crippen LogP contribution in [-0.4, -0.2) is 26.3 Å². The number of carboxylic acid groups (broad SMARTS) is 1. The molecule has 0 aliphatic carbocycles. The topological polar surface area (TPSA) is 92.5 Å². The van der Waals surface area contributed by atoms with E-state index in [-0.39, 0.29) is 17.0 Å². The molecule has 3 rings (SSSR count). The molecule has 2 N–H and O–H groups in total. The predicted octanol–water partition coefficient (Wildman–Crippen LogP) is 2.55. The molecule has 0 saturated carbocycles. The molecule has 1 aromatic heterocycles. The molecule has 0 aliphatic heterocycles. The first kappa shape index (κ1) is 11.2. The van der Waals surface area contributed by atoms with E-state index in [0.717, 1.165) is 0 Å². The lowest BCUT2D eigenvalue weighted by atomic mass is 10.2. The number of phenols is 1. The Morgan fingerprint density at radius 3 is 2.37 bits per heavy atom. The van der Waals surface area contributed by atoms with Gasteiger partial charge >= 0.3 is 6.16 Å². The zero-order valence-corrected chi connectivity index (χ0v) is 9.57. The molecule has 1 heterocycles. The summed E-state index contributed by atoms with van der Waals surface area (Å²) in [6, 6.07) is 10.0. The Balaban J connectivity index is 2.37. The number of phenolic OH excluding ortho intramolecular Hbond substituents is 1. The summed E-state index contributed by atoms with van der Waals surface area (Å²) in [6.07, 6.45) is -1.52. The van der Waals surface area contributed by atoms with Crippen LogP contribution in [0.25, 0.3) is 22.1 Å².